The van der Waals surface area contributed by atoms with E-state index in [1.165, 1.54) is 59.9 Å². The Morgan fingerprint density at radius 2 is 1.49 bits per heavy atom. The number of carbonyl (C=O) groups excluding carboxylic acids is 4. The van der Waals surface area contributed by atoms with Gasteiger partial charge in [-0.25, -0.2) is 26.5 Å². The molecule has 5 fully saturated rings. The number of piperazine rings is 2. The number of aromatic nitrogens is 1. The van der Waals surface area contributed by atoms with Crippen molar-refractivity contribution in [3.8, 4) is 10.4 Å². The maximum Gasteiger partial charge on any atom is 0.501 e. The van der Waals surface area contributed by atoms with Crippen molar-refractivity contribution in [2.24, 2.45) is 16.7 Å². The lowest BCUT2D eigenvalue weighted by Crippen LogP contribution is -2.50. The summed E-state index contributed by atoms with van der Waals surface area (Å²) in [6, 6.07) is 32.5. The number of benzene rings is 5. The SMILES string of the molecule is Cc1ncsc1-c1ccc([C@H](C)NC(=O)[C@@H]2C[C@@H](O)CN2C(=O)[C@@H](CCCCCCC(=O)N2C[C@H]3C[C@@H]2CN3CC[C@H](CSc2ccccc2)Nc2ccc(S(=O)(=O)NC(=O)c3ccc(N4CCN(CC5=C(c6ccc(Cl)cc6)CCC6(CC6)C5)CC4)cc3)cc2S(=O)(=O)C(F)(F)F)C(C)(C)C)cc1. The van der Waals surface area contributed by atoms with Crippen molar-refractivity contribution in [1.29, 1.82) is 0 Å². The second-order valence-electron chi connectivity index (χ2n) is 30.3. The number of fused-ring (bicyclic) bond motifs is 2. The fourth-order valence-electron chi connectivity index (χ4n) is 15.8. The van der Waals surface area contributed by atoms with Crippen LogP contribution in [0.2, 0.25) is 5.02 Å². The van der Waals surface area contributed by atoms with Crippen LogP contribution in [0.3, 0.4) is 0 Å². The lowest BCUT2D eigenvalue weighted by atomic mass is 9.76. The number of unbranched alkanes of at least 4 members (excludes halogenated alkanes) is 3. The number of anilines is 2. The zero-order valence-corrected chi connectivity index (χ0v) is 63.7. The van der Waals surface area contributed by atoms with Gasteiger partial charge in [0, 0.05) is 123 Å². The number of likely N-dealkylation sites (tertiary alicyclic amines) is 3. The van der Waals surface area contributed by atoms with Gasteiger partial charge in [-0.3, -0.25) is 29.0 Å². The average molecular weight is 1520 g/mol. The highest BCUT2D eigenvalue weighted by atomic mass is 35.5. The number of carbonyl (C=O) groups is 4. The Kier molecular flexibility index (Phi) is 23.9. The van der Waals surface area contributed by atoms with Crippen LogP contribution in [0.15, 0.2) is 147 Å². The largest absolute Gasteiger partial charge is 0.501 e. The Bertz CT molecular complexity index is 4320. The molecular weight excluding hydrogens is 1430 g/mol. The highest BCUT2D eigenvalue weighted by Gasteiger charge is 2.50. The molecule has 12 rings (SSSR count). The number of aryl methyl sites for hydroxylation is 1. The van der Waals surface area contributed by atoms with E-state index in [2.05, 4.69) is 42.5 Å². The van der Waals surface area contributed by atoms with E-state index in [-0.39, 0.29) is 54.4 Å². The van der Waals surface area contributed by atoms with Crippen LogP contribution < -0.4 is 20.3 Å². The van der Waals surface area contributed by atoms with Crippen LogP contribution in [-0.4, -0.2) is 171 Å². The standard InChI is InChI=1S/C78H95ClF3N9O9S4/c1-51(53-17-19-55(20-18-53)72-52(2)83-50-102-72)84-74(95)69-42-63(92)48-91(69)75(96)67(76(3,4)5)15-11-6-7-12-16-71(93)90-47-61-41-62(90)46-89(61)36-32-59(49-101-64-13-9-8-10-14-64)85-68-30-29-65(43-70(68)103(97,98)78(80,81)82)104(99,100)86-73(94)56-23-27-60(28-24-56)88-39-37-87(38-40-88)45-57-44-77(34-35-77)33-31-66(57)54-21-25-58(79)26-22-54/h8-10,13-14,17-30,43,50-51,59,61-63,67,69,85,92H,6-7,11-12,15-16,31-42,44-49H2,1-5H3,(H,84,95)(H,86,94)/t51-,59+,61+,62+,63+,67+,69-/m0/s1. The van der Waals surface area contributed by atoms with Gasteiger partial charge in [0.15, 0.2) is 0 Å². The van der Waals surface area contributed by atoms with Crippen molar-refractivity contribution in [3.05, 3.63) is 160 Å². The predicted octanol–water partition coefficient (Wildman–Crippen LogP) is 13.8. The molecule has 6 aromatic rings. The van der Waals surface area contributed by atoms with Crippen molar-refractivity contribution in [2.75, 3.05) is 74.9 Å². The number of hydrogen-bond acceptors (Lipinski definition) is 16. The Morgan fingerprint density at radius 1 is 0.788 bits per heavy atom. The number of thiazole rings is 1. The molecule has 5 aromatic carbocycles. The molecule has 1 spiro atoms. The number of rotatable bonds is 28. The minimum atomic E-state index is -6.17. The fourth-order valence-corrected chi connectivity index (χ4v) is 19.8. The lowest BCUT2D eigenvalue weighted by Gasteiger charge is -2.38. The van der Waals surface area contributed by atoms with Crippen LogP contribution in [0.25, 0.3) is 16.0 Å². The predicted molar refractivity (Wildman–Crippen MR) is 404 cm³/mol. The second kappa shape index (κ2) is 32.3. The number of sulfone groups is 1. The minimum absolute atomic E-state index is 0.0244. The molecule has 1 saturated carbocycles. The summed E-state index contributed by atoms with van der Waals surface area (Å²) in [5, 5.41) is 17.7. The topological polar surface area (TPSA) is 222 Å². The number of hydrogen-bond donors (Lipinski definition) is 4. The highest BCUT2D eigenvalue weighted by molar-refractivity contribution is 7.99. The molecule has 558 valence electrons. The van der Waals surface area contributed by atoms with Crippen LogP contribution in [0.4, 0.5) is 24.5 Å². The van der Waals surface area contributed by atoms with Crippen molar-refractivity contribution < 1.29 is 54.3 Å². The summed E-state index contributed by atoms with van der Waals surface area (Å²) in [5.41, 5.74) is 3.45. The molecule has 4 saturated heterocycles. The van der Waals surface area contributed by atoms with Crippen LogP contribution >= 0.6 is 34.7 Å². The summed E-state index contributed by atoms with van der Waals surface area (Å²) < 4.78 is 101. The van der Waals surface area contributed by atoms with Gasteiger partial charge in [0.25, 0.3) is 25.8 Å². The van der Waals surface area contributed by atoms with E-state index in [9.17, 15) is 54.3 Å². The summed E-state index contributed by atoms with van der Waals surface area (Å²) in [6.45, 7) is 15.5. The first kappa shape index (κ1) is 76.8. The van der Waals surface area contributed by atoms with Crippen molar-refractivity contribution in [3.63, 3.8) is 0 Å². The zero-order valence-electron chi connectivity index (χ0n) is 59.7. The third-order valence-electron chi connectivity index (χ3n) is 22.0. The average Bonchev–Trinajstić information content (AvgIpc) is 1.51. The first-order valence-corrected chi connectivity index (χ1v) is 41.6. The molecule has 2 bridgehead atoms. The molecule has 4 N–H and O–H groups in total. The molecule has 6 aliphatic rings. The monoisotopic (exact) mass is 1520 g/mol. The maximum atomic E-state index is 14.7. The number of nitrogens with one attached hydrogen (secondary N) is 3. The molecule has 5 heterocycles. The number of aliphatic hydroxyl groups is 1. The number of sulfonamides is 1. The Balaban J connectivity index is 0.617. The lowest BCUT2D eigenvalue weighted by molar-refractivity contribution is -0.145. The third kappa shape index (κ3) is 18.2. The van der Waals surface area contributed by atoms with E-state index in [4.69, 9.17) is 11.6 Å². The van der Waals surface area contributed by atoms with Gasteiger partial charge >= 0.3 is 5.51 Å². The first-order valence-electron chi connectivity index (χ1n) is 36.4. The quantitative estimate of drug-likeness (QED) is 0.0265. The van der Waals surface area contributed by atoms with Gasteiger partial charge < -0.3 is 30.4 Å². The zero-order chi connectivity index (χ0) is 73.9. The first-order chi connectivity index (χ1) is 49.5. The van der Waals surface area contributed by atoms with E-state index in [1.807, 2.05) is 116 Å². The number of thioether (sulfide) groups is 1. The van der Waals surface area contributed by atoms with Gasteiger partial charge in [-0.05, 0) is 171 Å². The van der Waals surface area contributed by atoms with Crippen molar-refractivity contribution in [1.82, 2.24) is 34.6 Å². The Hall–Kier alpha value is -6.84. The van der Waals surface area contributed by atoms with Crippen LogP contribution in [0, 0.1) is 23.7 Å². The third-order valence-corrected chi connectivity index (χ3v) is 27.3. The van der Waals surface area contributed by atoms with E-state index >= 15 is 0 Å². The number of β-amino-alcohol motifs (C(OH)–C–C–N with tert-alkyl or cyclic N) is 1. The molecule has 7 atom stereocenters. The van der Waals surface area contributed by atoms with Crippen molar-refractivity contribution in [2.45, 2.75) is 181 Å². The van der Waals surface area contributed by atoms with Crippen LogP contribution in [-0.2, 0) is 34.2 Å². The molecule has 4 amide bonds. The van der Waals surface area contributed by atoms with E-state index in [1.54, 1.807) is 28.4 Å². The van der Waals surface area contributed by atoms with Gasteiger partial charge in [0.1, 0.15) is 10.9 Å². The highest BCUT2D eigenvalue weighted by Crippen LogP contribution is 2.59. The van der Waals surface area contributed by atoms with Crippen molar-refractivity contribution >= 4 is 95.1 Å². The van der Waals surface area contributed by atoms with Crippen LogP contribution in [0.5, 0.6) is 0 Å². The molecular formula is C78H95ClF3N9O9S4. The summed E-state index contributed by atoms with van der Waals surface area (Å²) >= 11 is 9.24. The van der Waals surface area contributed by atoms with Gasteiger partial charge in [-0.2, -0.15) is 13.2 Å². The smallest absolute Gasteiger partial charge is 0.391 e. The Morgan fingerprint density at radius 3 is 2.14 bits per heavy atom. The molecule has 1 aromatic heterocycles. The number of amides is 4. The summed E-state index contributed by atoms with van der Waals surface area (Å²) in [6.07, 6.45) is 10.3. The molecule has 0 unspecified atom stereocenters. The van der Waals surface area contributed by atoms with E-state index < -0.39 is 76.3 Å². The number of nitrogens with zero attached hydrogens (tertiary/aromatic N) is 6. The van der Waals surface area contributed by atoms with E-state index in [0.717, 1.165) is 116 Å². The second-order valence-corrected chi connectivity index (χ2v) is 36.3. The van der Waals surface area contributed by atoms with E-state index in [0.29, 0.717) is 67.6 Å². The molecule has 0 radical (unpaired) electrons. The molecule has 26 heteroatoms. The van der Waals surface area contributed by atoms with Gasteiger partial charge in [0.2, 0.25) is 17.7 Å². The Labute approximate surface area is 622 Å². The summed E-state index contributed by atoms with van der Waals surface area (Å²) in [4.78, 5) is 70.3. The summed E-state index contributed by atoms with van der Waals surface area (Å²) in [5.74, 6) is -1.55. The van der Waals surface area contributed by atoms with Gasteiger partial charge in [0.05, 0.1) is 38.8 Å². The number of aliphatic hydroxyl groups excluding tert-OH is 1. The fraction of sp³-hybridized carbons (Fsp3) is 0.500. The molecule has 4 aliphatic heterocycles. The number of alkyl halides is 3. The molecule has 104 heavy (non-hydrogen) atoms. The summed E-state index contributed by atoms with van der Waals surface area (Å²) in [7, 11) is -11.1. The maximum absolute atomic E-state index is 14.7. The van der Waals surface area contributed by atoms with Gasteiger partial charge in [-0.15, -0.1) is 23.1 Å². The normalized spacial score (nSPS) is 21.0. The van der Waals surface area contributed by atoms with Gasteiger partial charge in [-0.1, -0.05) is 112 Å². The molecule has 2 aliphatic carbocycles. The minimum Gasteiger partial charge on any atom is -0.391 e. The number of allylic oxidation sites excluding steroid dienone is 1. The van der Waals surface area contributed by atoms with Crippen LogP contribution in [0.1, 0.15) is 151 Å². The number of halogens is 4. The molecule has 18 nitrogen and oxygen atoms in total.